The number of benzene rings is 2. The lowest BCUT2D eigenvalue weighted by Gasteiger charge is -2.35. The standard InChI is InChI=1S/C25H25F3N4O8S3/c1-24(2,3)40-22(34)30-16-7-8-20-19(12-16)32(43(37,38)18-6-4-5-15(11-18)25(26,27)28)14-17(39-20)13-21(33)31-42(35,36)23-29-9-10-41-23/h4-12,17H,13-14H2,1-3H3,(H,30,34)(H,31,33). The Morgan fingerprint density at radius 2 is 1.84 bits per heavy atom. The Hall–Kier alpha value is -3.90. The Kier molecular flexibility index (Phi) is 8.67. The van der Waals surface area contributed by atoms with Crippen LogP contribution in [0.1, 0.15) is 32.8 Å². The summed E-state index contributed by atoms with van der Waals surface area (Å²) in [5.74, 6) is -1.14. The largest absolute Gasteiger partial charge is 0.486 e. The van der Waals surface area contributed by atoms with Gasteiger partial charge in [0.15, 0.2) is 0 Å². The summed E-state index contributed by atoms with van der Waals surface area (Å²) in [6.07, 6.45) is -6.36. The van der Waals surface area contributed by atoms with E-state index in [4.69, 9.17) is 9.47 Å². The van der Waals surface area contributed by atoms with Crippen molar-refractivity contribution in [3.05, 3.63) is 59.6 Å². The van der Waals surface area contributed by atoms with Crippen LogP contribution in [0.15, 0.2) is 63.3 Å². The summed E-state index contributed by atoms with van der Waals surface area (Å²) in [7, 11) is -9.02. The highest BCUT2D eigenvalue weighted by Gasteiger charge is 2.38. The Balaban J connectivity index is 1.68. The predicted octanol–water partition coefficient (Wildman–Crippen LogP) is 4.36. The fraction of sp³-hybridized carbons (Fsp3) is 0.320. The quantitative estimate of drug-likeness (QED) is 0.375. The number of thiazole rings is 1. The van der Waals surface area contributed by atoms with E-state index in [0.29, 0.717) is 12.1 Å². The number of alkyl halides is 3. The van der Waals surface area contributed by atoms with E-state index < -0.39 is 73.4 Å². The van der Waals surface area contributed by atoms with Gasteiger partial charge in [0.2, 0.25) is 10.2 Å². The lowest BCUT2D eigenvalue weighted by Crippen LogP contribution is -2.46. The molecule has 2 amide bonds. The van der Waals surface area contributed by atoms with Crippen LogP contribution in [-0.4, -0.2) is 52.1 Å². The zero-order chi connectivity index (χ0) is 31.8. The summed E-state index contributed by atoms with van der Waals surface area (Å²) >= 11 is 0.770. The third-order valence-electron chi connectivity index (χ3n) is 5.59. The van der Waals surface area contributed by atoms with Crippen LogP contribution in [0.4, 0.5) is 29.3 Å². The molecule has 1 aromatic heterocycles. The molecule has 1 aliphatic rings. The molecule has 0 radical (unpaired) electrons. The minimum Gasteiger partial charge on any atom is -0.486 e. The third kappa shape index (κ3) is 7.74. The lowest BCUT2D eigenvalue weighted by atomic mass is 10.1. The topological polar surface area (TPSA) is 161 Å². The second-order valence-electron chi connectivity index (χ2n) is 10.1. The zero-order valence-electron chi connectivity index (χ0n) is 22.7. The number of carbonyl (C=O) groups excluding carboxylic acids is 2. The molecular weight excluding hydrogens is 637 g/mol. The van der Waals surface area contributed by atoms with Crippen molar-refractivity contribution in [3.8, 4) is 5.75 Å². The second-order valence-corrected chi connectivity index (χ2v) is 14.8. The van der Waals surface area contributed by atoms with Crippen molar-refractivity contribution in [3.63, 3.8) is 0 Å². The predicted molar refractivity (Wildman–Crippen MR) is 149 cm³/mol. The van der Waals surface area contributed by atoms with Gasteiger partial charge in [0.25, 0.3) is 20.0 Å². The van der Waals surface area contributed by atoms with Gasteiger partial charge >= 0.3 is 12.3 Å². The summed E-state index contributed by atoms with van der Waals surface area (Å²) in [6.45, 7) is 4.31. The van der Waals surface area contributed by atoms with Crippen molar-refractivity contribution < 1.29 is 49.1 Å². The molecule has 0 saturated heterocycles. The first-order chi connectivity index (χ1) is 19.8. The molecule has 2 N–H and O–H groups in total. The first-order valence-electron chi connectivity index (χ1n) is 12.3. The Bertz CT molecular complexity index is 1740. The number of hydrogen-bond acceptors (Lipinski definition) is 10. The molecule has 12 nitrogen and oxygen atoms in total. The molecule has 1 unspecified atom stereocenters. The van der Waals surface area contributed by atoms with E-state index in [1.54, 1.807) is 20.8 Å². The van der Waals surface area contributed by atoms with Gasteiger partial charge in [0, 0.05) is 17.3 Å². The summed E-state index contributed by atoms with van der Waals surface area (Å²) in [4.78, 5) is 27.9. The number of aromatic nitrogens is 1. The number of fused-ring (bicyclic) bond motifs is 1. The zero-order valence-corrected chi connectivity index (χ0v) is 25.2. The first kappa shape index (κ1) is 32.0. The lowest BCUT2D eigenvalue weighted by molar-refractivity contribution is -0.137. The van der Waals surface area contributed by atoms with Gasteiger partial charge in [-0.2, -0.15) is 21.6 Å². The second kappa shape index (κ2) is 11.6. The molecule has 0 saturated carbocycles. The maximum Gasteiger partial charge on any atom is 0.416 e. The highest BCUT2D eigenvalue weighted by Crippen LogP contribution is 2.40. The Morgan fingerprint density at radius 3 is 2.47 bits per heavy atom. The number of halogens is 3. The minimum atomic E-state index is -4.83. The number of carbonyl (C=O) groups is 2. The number of rotatable bonds is 7. The number of nitrogens with one attached hydrogen (secondary N) is 2. The van der Waals surface area contributed by atoms with Gasteiger partial charge in [-0.05, 0) is 57.2 Å². The molecule has 1 atom stereocenters. The number of hydrogen-bond donors (Lipinski definition) is 2. The van der Waals surface area contributed by atoms with E-state index in [0.717, 1.165) is 27.8 Å². The fourth-order valence-electron chi connectivity index (χ4n) is 3.89. The van der Waals surface area contributed by atoms with E-state index in [-0.39, 0.29) is 21.5 Å². The maximum absolute atomic E-state index is 13.8. The van der Waals surface area contributed by atoms with Crippen LogP contribution in [0.3, 0.4) is 0 Å². The molecule has 4 rings (SSSR count). The van der Waals surface area contributed by atoms with E-state index in [9.17, 15) is 39.6 Å². The van der Waals surface area contributed by atoms with Crippen molar-refractivity contribution in [2.24, 2.45) is 0 Å². The molecule has 3 aromatic rings. The van der Waals surface area contributed by atoms with Crippen LogP contribution in [0.5, 0.6) is 5.75 Å². The Labute approximate surface area is 248 Å². The van der Waals surface area contributed by atoms with Crippen LogP contribution < -0.4 is 19.1 Å². The van der Waals surface area contributed by atoms with Crippen LogP contribution in [0.2, 0.25) is 0 Å². The van der Waals surface area contributed by atoms with Crippen molar-refractivity contribution in [1.82, 2.24) is 9.71 Å². The van der Waals surface area contributed by atoms with Gasteiger partial charge < -0.3 is 9.47 Å². The first-order valence-corrected chi connectivity index (χ1v) is 16.1. The summed E-state index contributed by atoms with van der Waals surface area (Å²) in [5.41, 5.74) is -2.13. The number of anilines is 2. The molecule has 2 aromatic carbocycles. The number of ether oxygens (including phenoxy) is 2. The Morgan fingerprint density at radius 1 is 1.12 bits per heavy atom. The van der Waals surface area contributed by atoms with Gasteiger partial charge in [-0.25, -0.2) is 22.9 Å². The average Bonchev–Trinajstić information content (AvgIpc) is 3.43. The number of nitrogens with zero attached hydrogens (tertiary/aromatic N) is 2. The monoisotopic (exact) mass is 662 g/mol. The molecule has 232 valence electrons. The van der Waals surface area contributed by atoms with Crippen molar-refractivity contribution in [2.75, 3.05) is 16.2 Å². The maximum atomic E-state index is 13.8. The van der Waals surface area contributed by atoms with Crippen molar-refractivity contribution in [2.45, 2.75) is 54.3 Å². The van der Waals surface area contributed by atoms with Gasteiger partial charge in [-0.15, -0.1) is 11.3 Å². The molecular formula is C25H25F3N4O8S3. The molecule has 0 bridgehead atoms. The molecule has 43 heavy (non-hydrogen) atoms. The van der Waals surface area contributed by atoms with E-state index in [2.05, 4.69) is 10.3 Å². The SMILES string of the molecule is CC(C)(C)OC(=O)Nc1ccc2c(c1)N(S(=O)(=O)c1cccc(C(F)(F)F)c1)CC(CC(=O)NS(=O)(=O)c1nccs1)O2. The molecule has 2 heterocycles. The molecule has 1 aliphatic heterocycles. The average molecular weight is 663 g/mol. The van der Waals surface area contributed by atoms with Gasteiger partial charge in [0.05, 0.1) is 29.1 Å². The molecule has 0 spiro atoms. The highest BCUT2D eigenvalue weighted by atomic mass is 32.2. The van der Waals surface area contributed by atoms with Crippen molar-refractivity contribution >= 4 is 54.8 Å². The van der Waals surface area contributed by atoms with Gasteiger partial charge in [-0.3, -0.25) is 14.4 Å². The number of amides is 2. The van der Waals surface area contributed by atoms with E-state index in [1.165, 1.54) is 29.8 Å². The summed E-state index contributed by atoms with van der Waals surface area (Å²) < 4.78 is 106. The minimum absolute atomic E-state index is 0.0755. The summed E-state index contributed by atoms with van der Waals surface area (Å²) in [6, 6.07) is 6.95. The molecule has 18 heteroatoms. The molecule has 0 aliphatic carbocycles. The van der Waals surface area contributed by atoms with Crippen LogP contribution in [0, 0.1) is 0 Å². The smallest absolute Gasteiger partial charge is 0.416 e. The summed E-state index contributed by atoms with van der Waals surface area (Å²) in [5, 5.41) is 3.84. The highest BCUT2D eigenvalue weighted by molar-refractivity contribution is 7.93. The van der Waals surface area contributed by atoms with Gasteiger partial charge in [-0.1, -0.05) is 6.07 Å². The molecule has 0 fully saturated rings. The van der Waals surface area contributed by atoms with Crippen LogP contribution >= 0.6 is 11.3 Å². The third-order valence-corrected chi connectivity index (χ3v) is 9.94. The number of sulfonamides is 2. The van der Waals surface area contributed by atoms with E-state index in [1.807, 2.05) is 4.72 Å². The normalized spacial score (nSPS) is 15.7. The van der Waals surface area contributed by atoms with Gasteiger partial charge in [0.1, 0.15) is 17.5 Å². The van der Waals surface area contributed by atoms with Crippen LogP contribution in [-0.2, 0) is 35.8 Å². The van der Waals surface area contributed by atoms with Crippen LogP contribution in [0.25, 0.3) is 0 Å². The van der Waals surface area contributed by atoms with E-state index >= 15 is 0 Å². The van der Waals surface area contributed by atoms with Crippen molar-refractivity contribution in [1.29, 1.82) is 0 Å². The fourth-order valence-corrected chi connectivity index (χ4v) is 7.26.